The largest absolute Gasteiger partial charge is 0.467 e. The molecule has 8 heteroatoms. The Morgan fingerprint density at radius 3 is 2.47 bits per heavy atom. The van der Waals surface area contributed by atoms with Crippen molar-refractivity contribution >= 4 is 17.7 Å². The topological polar surface area (TPSA) is 86.1 Å². The van der Waals surface area contributed by atoms with E-state index in [1.54, 1.807) is 30.4 Å². The Hall–Kier alpha value is -4.04. The quantitative estimate of drug-likeness (QED) is 0.295. The van der Waals surface area contributed by atoms with E-state index in [0.717, 1.165) is 22.0 Å². The van der Waals surface area contributed by atoms with Crippen molar-refractivity contribution in [1.82, 2.24) is 20.1 Å². The first-order valence-electron chi connectivity index (χ1n) is 10.8. The highest BCUT2D eigenvalue weighted by Gasteiger charge is 2.19. The van der Waals surface area contributed by atoms with Crippen molar-refractivity contribution in [2.24, 2.45) is 0 Å². The summed E-state index contributed by atoms with van der Waals surface area (Å²) in [4.78, 5) is 12.4. The maximum Gasteiger partial charge on any atom is 0.251 e. The summed E-state index contributed by atoms with van der Waals surface area (Å²) < 4.78 is 12.9. The summed E-state index contributed by atoms with van der Waals surface area (Å²) in [7, 11) is 0. The van der Waals surface area contributed by atoms with Crippen molar-refractivity contribution in [2.45, 2.75) is 24.4 Å². The minimum absolute atomic E-state index is 0.141. The maximum absolute atomic E-state index is 12.4. The first kappa shape index (κ1) is 21.8. The summed E-state index contributed by atoms with van der Waals surface area (Å²) in [5, 5.41) is 12.5. The van der Waals surface area contributed by atoms with Gasteiger partial charge in [-0.1, -0.05) is 42.1 Å². The summed E-state index contributed by atoms with van der Waals surface area (Å²) in [5.41, 5.74) is 3.79. The number of amides is 1. The maximum atomic E-state index is 12.4. The third kappa shape index (κ3) is 4.67. The molecule has 0 aliphatic heterocycles. The molecule has 0 aliphatic rings. The average molecular weight is 471 g/mol. The van der Waals surface area contributed by atoms with E-state index in [1.807, 2.05) is 65.2 Å². The van der Waals surface area contributed by atoms with Crippen molar-refractivity contribution in [3.05, 3.63) is 108 Å². The van der Waals surface area contributed by atoms with E-state index in [9.17, 15) is 4.79 Å². The number of furan rings is 2. The summed E-state index contributed by atoms with van der Waals surface area (Å²) in [6.07, 6.45) is 3.22. The van der Waals surface area contributed by atoms with Gasteiger partial charge in [-0.2, -0.15) is 0 Å². The van der Waals surface area contributed by atoms with Gasteiger partial charge in [0.15, 0.2) is 10.9 Å². The number of nitrogens with one attached hydrogen (secondary N) is 1. The van der Waals surface area contributed by atoms with Crippen molar-refractivity contribution in [1.29, 1.82) is 0 Å². The van der Waals surface area contributed by atoms with E-state index in [0.29, 0.717) is 35.2 Å². The minimum Gasteiger partial charge on any atom is -0.467 e. The van der Waals surface area contributed by atoms with Crippen LogP contribution in [0.25, 0.3) is 17.3 Å². The molecule has 7 nitrogen and oxygen atoms in total. The van der Waals surface area contributed by atoms with Gasteiger partial charge in [-0.05, 0) is 60.5 Å². The van der Waals surface area contributed by atoms with Gasteiger partial charge in [0.1, 0.15) is 5.76 Å². The van der Waals surface area contributed by atoms with Crippen molar-refractivity contribution in [3.63, 3.8) is 0 Å². The number of para-hydroxylation sites is 1. The predicted octanol–water partition coefficient (Wildman–Crippen LogP) is 5.65. The van der Waals surface area contributed by atoms with Crippen LogP contribution in [-0.2, 0) is 12.3 Å². The smallest absolute Gasteiger partial charge is 0.251 e. The molecule has 0 fully saturated rings. The zero-order valence-corrected chi connectivity index (χ0v) is 19.3. The van der Waals surface area contributed by atoms with Crippen LogP contribution >= 0.6 is 11.8 Å². The molecule has 0 radical (unpaired) electrons. The van der Waals surface area contributed by atoms with Gasteiger partial charge in [-0.25, -0.2) is 0 Å². The van der Waals surface area contributed by atoms with Gasteiger partial charge in [0.25, 0.3) is 5.91 Å². The van der Waals surface area contributed by atoms with Crippen molar-refractivity contribution in [3.8, 4) is 17.3 Å². The van der Waals surface area contributed by atoms with Gasteiger partial charge < -0.3 is 14.2 Å². The van der Waals surface area contributed by atoms with Crippen LogP contribution in [0.15, 0.2) is 99.3 Å². The van der Waals surface area contributed by atoms with Gasteiger partial charge in [-0.15, -0.1) is 10.2 Å². The Morgan fingerprint density at radius 1 is 0.941 bits per heavy atom. The van der Waals surface area contributed by atoms with E-state index in [2.05, 4.69) is 28.5 Å². The number of carbonyl (C=O) groups excluding carboxylic acids is 1. The lowest BCUT2D eigenvalue weighted by molar-refractivity contribution is 0.0948. The standard InChI is InChI=1S/C26H22N4O3S/c1-18-6-2-3-8-22(18)30-24(23-9-5-15-33-23)28-29-26(30)34-17-19-10-12-20(13-11-19)25(31)27-16-21-7-4-14-32-21/h2-15H,16-17H2,1H3,(H,27,31). The van der Waals surface area contributed by atoms with E-state index < -0.39 is 0 Å². The summed E-state index contributed by atoms with van der Waals surface area (Å²) in [5.74, 6) is 2.57. The second-order valence-electron chi connectivity index (χ2n) is 7.65. The molecule has 1 N–H and O–H groups in total. The molecule has 0 saturated heterocycles. The number of aryl methyl sites for hydroxylation is 1. The normalized spacial score (nSPS) is 11.0. The fourth-order valence-electron chi connectivity index (χ4n) is 3.54. The Bertz CT molecular complexity index is 1370. The number of thioether (sulfide) groups is 1. The molecule has 5 aromatic rings. The lowest BCUT2D eigenvalue weighted by atomic mass is 10.1. The van der Waals surface area contributed by atoms with Gasteiger partial charge in [0.05, 0.1) is 24.8 Å². The van der Waals surface area contributed by atoms with Crippen molar-refractivity contribution in [2.75, 3.05) is 0 Å². The Labute approximate surface area is 200 Å². The number of nitrogens with zero attached hydrogens (tertiary/aromatic N) is 3. The van der Waals surface area contributed by atoms with Gasteiger partial charge in [0.2, 0.25) is 5.82 Å². The van der Waals surface area contributed by atoms with Crippen LogP contribution in [0.2, 0.25) is 0 Å². The lowest BCUT2D eigenvalue weighted by Gasteiger charge is -2.12. The SMILES string of the molecule is Cc1ccccc1-n1c(SCc2ccc(C(=O)NCc3ccco3)cc2)nnc1-c1ccco1. The van der Waals surface area contributed by atoms with Gasteiger partial charge in [-0.3, -0.25) is 9.36 Å². The highest BCUT2D eigenvalue weighted by Crippen LogP contribution is 2.31. The van der Waals surface area contributed by atoms with E-state index in [1.165, 1.54) is 0 Å². The Kier molecular flexibility index (Phi) is 6.31. The number of benzene rings is 2. The second-order valence-corrected chi connectivity index (χ2v) is 8.60. The molecule has 1 amide bonds. The molecule has 0 spiro atoms. The number of carbonyl (C=O) groups is 1. The molecule has 0 aliphatic carbocycles. The van der Waals surface area contributed by atoms with Crippen LogP contribution in [0.4, 0.5) is 0 Å². The molecule has 0 saturated carbocycles. The van der Waals surface area contributed by atoms with Crippen LogP contribution in [0.3, 0.4) is 0 Å². The summed E-state index contributed by atoms with van der Waals surface area (Å²) in [6.45, 7) is 2.42. The molecule has 5 rings (SSSR count). The summed E-state index contributed by atoms with van der Waals surface area (Å²) in [6, 6.07) is 23.0. The van der Waals surface area contributed by atoms with Crippen LogP contribution in [0.5, 0.6) is 0 Å². The minimum atomic E-state index is -0.141. The van der Waals surface area contributed by atoms with Crippen LogP contribution < -0.4 is 5.32 Å². The van der Waals surface area contributed by atoms with Gasteiger partial charge in [0, 0.05) is 11.3 Å². The molecule has 3 heterocycles. The number of hydrogen-bond donors (Lipinski definition) is 1. The molecule has 2 aromatic carbocycles. The first-order valence-corrected chi connectivity index (χ1v) is 11.8. The second kappa shape index (κ2) is 9.84. The fourth-order valence-corrected chi connectivity index (χ4v) is 4.44. The van der Waals surface area contributed by atoms with E-state index in [-0.39, 0.29) is 5.91 Å². The average Bonchev–Trinajstić information content (AvgIpc) is 3.64. The van der Waals surface area contributed by atoms with Crippen LogP contribution in [0.1, 0.15) is 27.2 Å². The predicted molar refractivity (Wildman–Crippen MR) is 130 cm³/mol. The number of aromatic nitrogens is 3. The number of hydrogen-bond acceptors (Lipinski definition) is 6. The zero-order valence-electron chi connectivity index (χ0n) is 18.5. The molecule has 0 unspecified atom stereocenters. The first-order chi connectivity index (χ1) is 16.7. The van der Waals surface area contributed by atoms with E-state index >= 15 is 0 Å². The third-order valence-electron chi connectivity index (χ3n) is 5.32. The molecular formula is C26H22N4O3S. The Balaban J connectivity index is 1.31. The van der Waals surface area contributed by atoms with Crippen LogP contribution in [-0.4, -0.2) is 20.7 Å². The van der Waals surface area contributed by atoms with Crippen LogP contribution in [0, 0.1) is 6.92 Å². The van der Waals surface area contributed by atoms with E-state index in [4.69, 9.17) is 8.83 Å². The van der Waals surface area contributed by atoms with Crippen molar-refractivity contribution < 1.29 is 13.6 Å². The molecule has 34 heavy (non-hydrogen) atoms. The highest BCUT2D eigenvalue weighted by molar-refractivity contribution is 7.98. The molecule has 0 bridgehead atoms. The monoisotopic (exact) mass is 470 g/mol. The highest BCUT2D eigenvalue weighted by atomic mass is 32.2. The molecular weight excluding hydrogens is 448 g/mol. The Morgan fingerprint density at radius 2 is 1.74 bits per heavy atom. The third-order valence-corrected chi connectivity index (χ3v) is 6.32. The zero-order chi connectivity index (χ0) is 23.3. The molecule has 3 aromatic heterocycles. The van der Waals surface area contributed by atoms with Gasteiger partial charge >= 0.3 is 0 Å². The molecule has 0 atom stereocenters. The fraction of sp³-hybridized carbons (Fsp3) is 0.115. The lowest BCUT2D eigenvalue weighted by Crippen LogP contribution is -2.22. The number of rotatable bonds is 8. The summed E-state index contributed by atoms with van der Waals surface area (Å²) >= 11 is 1.58. The molecule has 170 valence electrons.